The fourth-order valence-electron chi connectivity index (χ4n) is 1.31. The Morgan fingerprint density at radius 2 is 2.31 bits per heavy atom. The van der Waals surface area contributed by atoms with Crippen LogP contribution in [0.5, 0.6) is 5.75 Å². The van der Waals surface area contributed by atoms with Crippen molar-refractivity contribution in [3.8, 4) is 5.75 Å². The van der Waals surface area contributed by atoms with E-state index in [1.54, 1.807) is 7.11 Å². The van der Waals surface area contributed by atoms with E-state index in [9.17, 15) is 4.79 Å². The van der Waals surface area contributed by atoms with E-state index in [-0.39, 0.29) is 6.42 Å². The van der Waals surface area contributed by atoms with Gasteiger partial charge in [0.2, 0.25) is 0 Å². The average Bonchev–Trinajstić information content (AvgIpc) is 2.16. The molecule has 0 radical (unpaired) electrons. The molecule has 3 N–H and O–H groups in total. The molecule has 0 aliphatic heterocycles. The Balaban J connectivity index is 2.67. The lowest BCUT2D eigenvalue weighted by atomic mass is 10.2. The minimum atomic E-state index is -0.884. The maximum Gasteiger partial charge on any atom is 0.305 e. The minimum absolute atomic E-state index is 0.0459. The van der Waals surface area contributed by atoms with Crippen LogP contribution in [0.2, 0.25) is 0 Å². The highest BCUT2D eigenvalue weighted by Crippen LogP contribution is 2.27. The first-order valence-corrected chi connectivity index (χ1v) is 5.69. The van der Waals surface area contributed by atoms with E-state index in [0.717, 1.165) is 16.2 Å². The van der Waals surface area contributed by atoms with Crippen molar-refractivity contribution in [3.63, 3.8) is 0 Å². The van der Waals surface area contributed by atoms with Gasteiger partial charge in [-0.3, -0.25) is 4.79 Å². The maximum atomic E-state index is 10.5. The molecule has 5 heteroatoms. The molecule has 0 amide bonds. The van der Waals surface area contributed by atoms with Crippen LogP contribution in [-0.2, 0) is 4.79 Å². The molecular weight excluding hydrogens is 226 g/mol. The van der Waals surface area contributed by atoms with Gasteiger partial charge >= 0.3 is 5.97 Å². The lowest BCUT2D eigenvalue weighted by Crippen LogP contribution is -2.19. The number of nitrogens with two attached hydrogens (primary N) is 1. The zero-order valence-corrected chi connectivity index (χ0v) is 10.1. The van der Waals surface area contributed by atoms with Gasteiger partial charge < -0.3 is 15.6 Å². The topological polar surface area (TPSA) is 72.5 Å². The fourth-order valence-corrected chi connectivity index (χ4v) is 2.28. The molecule has 1 unspecified atom stereocenters. The Morgan fingerprint density at radius 1 is 1.62 bits per heavy atom. The van der Waals surface area contributed by atoms with Gasteiger partial charge in [-0.2, -0.15) is 0 Å². The molecule has 1 aromatic rings. The van der Waals surface area contributed by atoms with E-state index in [2.05, 4.69) is 0 Å². The highest BCUT2D eigenvalue weighted by Gasteiger charge is 2.10. The standard InChI is InChI=1S/C11H15NO3S/c1-7-5-8(3-4-9(7)15-2)16-10(12)6-11(13)14/h3-5,10H,6,12H2,1-2H3,(H,13,14). The Morgan fingerprint density at radius 3 is 2.81 bits per heavy atom. The van der Waals surface area contributed by atoms with E-state index in [1.807, 2.05) is 25.1 Å². The van der Waals surface area contributed by atoms with E-state index in [0.29, 0.717) is 0 Å². The van der Waals surface area contributed by atoms with Crippen molar-refractivity contribution in [2.75, 3.05) is 7.11 Å². The molecule has 0 spiro atoms. The number of benzene rings is 1. The quantitative estimate of drug-likeness (QED) is 0.608. The number of hydrogen-bond acceptors (Lipinski definition) is 4. The van der Waals surface area contributed by atoms with Crippen molar-refractivity contribution in [2.45, 2.75) is 23.6 Å². The van der Waals surface area contributed by atoms with Crippen LogP contribution in [0.4, 0.5) is 0 Å². The van der Waals surface area contributed by atoms with Crippen LogP contribution in [0.3, 0.4) is 0 Å². The van der Waals surface area contributed by atoms with Gasteiger partial charge in [-0.05, 0) is 30.7 Å². The number of carbonyl (C=O) groups is 1. The van der Waals surface area contributed by atoms with Crippen molar-refractivity contribution in [1.82, 2.24) is 0 Å². The predicted molar refractivity (Wildman–Crippen MR) is 63.8 cm³/mol. The maximum absolute atomic E-state index is 10.5. The Bertz CT molecular complexity index is 381. The van der Waals surface area contributed by atoms with Crippen molar-refractivity contribution < 1.29 is 14.6 Å². The molecule has 0 fully saturated rings. The predicted octanol–water partition coefficient (Wildman–Crippen LogP) is 1.86. The molecule has 1 atom stereocenters. The smallest absolute Gasteiger partial charge is 0.305 e. The molecule has 88 valence electrons. The lowest BCUT2D eigenvalue weighted by molar-refractivity contribution is -0.136. The number of thioether (sulfide) groups is 1. The number of methoxy groups -OCH3 is 1. The van der Waals surface area contributed by atoms with Crippen molar-refractivity contribution in [3.05, 3.63) is 23.8 Å². The number of aryl methyl sites for hydroxylation is 1. The normalized spacial score (nSPS) is 12.2. The molecule has 1 rings (SSSR count). The second kappa shape index (κ2) is 5.77. The van der Waals surface area contributed by atoms with Crippen LogP contribution >= 0.6 is 11.8 Å². The molecule has 0 saturated heterocycles. The van der Waals surface area contributed by atoms with Crippen LogP contribution < -0.4 is 10.5 Å². The second-order valence-corrected chi connectivity index (χ2v) is 4.70. The zero-order chi connectivity index (χ0) is 12.1. The van der Waals surface area contributed by atoms with Gasteiger partial charge in [-0.1, -0.05) is 0 Å². The summed E-state index contributed by atoms with van der Waals surface area (Å²) < 4.78 is 5.13. The van der Waals surface area contributed by atoms with E-state index >= 15 is 0 Å². The highest BCUT2D eigenvalue weighted by atomic mass is 32.2. The van der Waals surface area contributed by atoms with Gasteiger partial charge in [0.15, 0.2) is 0 Å². The number of hydrogen-bond donors (Lipinski definition) is 2. The number of rotatable bonds is 5. The Kier molecular flexibility index (Phi) is 4.64. The summed E-state index contributed by atoms with van der Waals surface area (Å²) in [5.41, 5.74) is 6.69. The summed E-state index contributed by atoms with van der Waals surface area (Å²) in [6.45, 7) is 1.94. The van der Waals surface area contributed by atoms with Gasteiger partial charge in [0.1, 0.15) is 5.75 Å². The molecule has 0 aliphatic carbocycles. The van der Waals surface area contributed by atoms with Crippen LogP contribution in [0, 0.1) is 6.92 Å². The van der Waals surface area contributed by atoms with Gasteiger partial charge in [0.25, 0.3) is 0 Å². The van der Waals surface area contributed by atoms with Crippen LogP contribution in [0.1, 0.15) is 12.0 Å². The first-order valence-electron chi connectivity index (χ1n) is 4.81. The van der Waals surface area contributed by atoms with E-state index < -0.39 is 11.3 Å². The Hall–Kier alpha value is -1.20. The zero-order valence-electron chi connectivity index (χ0n) is 9.27. The summed E-state index contributed by atoms with van der Waals surface area (Å²) in [5, 5.41) is 8.16. The summed E-state index contributed by atoms with van der Waals surface area (Å²) >= 11 is 1.35. The molecule has 4 nitrogen and oxygen atoms in total. The van der Waals surface area contributed by atoms with Crippen LogP contribution in [0.15, 0.2) is 23.1 Å². The van der Waals surface area contributed by atoms with Gasteiger partial charge in [0.05, 0.1) is 18.9 Å². The molecule has 0 heterocycles. The SMILES string of the molecule is COc1ccc(SC(N)CC(=O)O)cc1C. The fraction of sp³-hybridized carbons (Fsp3) is 0.364. The molecule has 0 aromatic heterocycles. The first kappa shape index (κ1) is 12.9. The van der Waals surface area contributed by atoms with Crippen LogP contribution in [0.25, 0.3) is 0 Å². The average molecular weight is 241 g/mol. The van der Waals surface area contributed by atoms with Crippen molar-refractivity contribution in [1.29, 1.82) is 0 Å². The van der Waals surface area contributed by atoms with Crippen molar-refractivity contribution >= 4 is 17.7 Å². The summed E-state index contributed by atoms with van der Waals surface area (Å²) in [6, 6.07) is 5.66. The molecule has 0 bridgehead atoms. The molecular formula is C11H15NO3S. The van der Waals surface area contributed by atoms with Gasteiger partial charge in [0, 0.05) is 4.90 Å². The van der Waals surface area contributed by atoms with E-state index in [1.165, 1.54) is 11.8 Å². The van der Waals surface area contributed by atoms with Crippen molar-refractivity contribution in [2.24, 2.45) is 5.73 Å². The van der Waals surface area contributed by atoms with Crippen LogP contribution in [-0.4, -0.2) is 23.6 Å². The number of carboxylic acid groups (broad SMARTS) is 1. The lowest BCUT2D eigenvalue weighted by Gasteiger charge is -2.10. The summed E-state index contributed by atoms with van der Waals surface area (Å²) in [7, 11) is 1.62. The highest BCUT2D eigenvalue weighted by molar-refractivity contribution is 7.99. The van der Waals surface area contributed by atoms with Gasteiger partial charge in [-0.15, -0.1) is 11.8 Å². The monoisotopic (exact) mass is 241 g/mol. The third kappa shape index (κ3) is 3.75. The Labute approximate surface area is 98.8 Å². The first-order chi connectivity index (χ1) is 7.52. The third-order valence-electron chi connectivity index (χ3n) is 2.03. The van der Waals surface area contributed by atoms with E-state index in [4.69, 9.17) is 15.6 Å². The number of ether oxygens (including phenoxy) is 1. The molecule has 16 heavy (non-hydrogen) atoms. The second-order valence-electron chi connectivity index (χ2n) is 3.39. The summed E-state index contributed by atoms with van der Waals surface area (Å²) in [6.07, 6.45) is -0.0459. The van der Waals surface area contributed by atoms with Gasteiger partial charge in [-0.25, -0.2) is 0 Å². The molecule has 0 saturated carbocycles. The summed E-state index contributed by atoms with van der Waals surface area (Å²) in [4.78, 5) is 11.4. The minimum Gasteiger partial charge on any atom is -0.496 e. The third-order valence-corrected chi connectivity index (χ3v) is 3.03. The number of aliphatic carboxylic acids is 1. The molecule has 1 aromatic carbocycles. The number of carboxylic acids is 1. The largest absolute Gasteiger partial charge is 0.496 e. The summed E-state index contributed by atoms with van der Waals surface area (Å²) in [5.74, 6) is -0.0682. The molecule has 0 aliphatic rings.